The van der Waals surface area contributed by atoms with E-state index in [4.69, 9.17) is 21.1 Å². The molecule has 35 heavy (non-hydrogen) atoms. The molecule has 1 aliphatic heterocycles. The lowest BCUT2D eigenvalue weighted by molar-refractivity contribution is -0.134. The molecule has 184 valence electrons. The van der Waals surface area contributed by atoms with Crippen LogP contribution in [0.15, 0.2) is 60.0 Å². The van der Waals surface area contributed by atoms with Crippen molar-refractivity contribution in [1.82, 2.24) is 9.80 Å². The van der Waals surface area contributed by atoms with Gasteiger partial charge in [0.2, 0.25) is 5.91 Å². The number of halogens is 1. The van der Waals surface area contributed by atoms with Crippen molar-refractivity contribution in [2.24, 2.45) is 0 Å². The summed E-state index contributed by atoms with van der Waals surface area (Å²) in [5, 5.41) is 2.73. The topological polar surface area (TPSA) is 59.1 Å². The van der Waals surface area contributed by atoms with Crippen LogP contribution in [0, 0.1) is 0 Å². The summed E-state index contributed by atoms with van der Waals surface area (Å²) in [5.41, 5.74) is 2.67. The molecule has 0 aliphatic carbocycles. The van der Waals surface area contributed by atoms with Gasteiger partial charge in [-0.1, -0.05) is 23.7 Å². The number of benzene rings is 2. The maximum absolute atomic E-state index is 13.7. The van der Waals surface area contributed by atoms with Crippen LogP contribution in [0.4, 0.5) is 0 Å². The van der Waals surface area contributed by atoms with E-state index < -0.39 is 0 Å². The molecule has 2 aromatic carbocycles. The van der Waals surface area contributed by atoms with Crippen molar-refractivity contribution in [2.75, 3.05) is 40.5 Å². The monoisotopic (exact) mass is 512 g/mol. The third kappa shape index (κ3) is 5.86. The van der Waals surface area contributed by atoms with E-state index in [-0.39, 0.29) is 24.4 Å². The first kappa shape index (κ1) is 25.2. The molecule has 0 N–H and O–H groups in total. The number of fused-ring (bicyclic) bond motifs is 1. The SMILES string of the molecule is COCCCN(CC(=O)N1CCc2sccc2C1c1ccc(Cl)cc1)C(=O)c1ccc(OC)cc1. The van der Waals surface area contributed by atoms with Gasteiger partial charge < -0.3 is 19.3 Å². The van der Waals surface area contributed by atoms with Crippen molar-refractivity contribution in [1.29, 1.82) is 0 Å². The van der Waals surface area contributed by atoms with Crippen LogP contribution in [0.5, 0.6) is 5.75 Å². The van der Waals surface area contributed by atoms with E-state index in [0.717, 1.165) is 17.5 Å². The minimum absolute atomic E-state index is 0.00185. The first-order valence-corrected chi connectivity index (χ1v) is 12.8. The lowest BCUT2D eigenvalue weighted by Gasteiger charge is -2.37. The highest BCUT2D eigenvalue weighted by Gasteiger charge is 2.34. The maximum Gasteiger partial charge on any atom is 0.254 e. The number of thiophene rings is 1. The van der Waals surface area contributed by atoms with E-state index in [0.29, 0.717) is 42.5 Å². The minimum atomic E-state index is -0.202. The summed E-state index contributed by atoms with van der Waals surface area (Å²) < 4.78 is 10.4. The zero-order valence-corrected chi connectivity index (χ0v) is 21.5. The molecule has 0 saturated carbocycles. The normalized spacial score (nSPS) is 14.9. The van der Waals surface area contributed by atoms with E-state index in [1.54, 1.807) is 54.7 Å². The Bertz CT molecular complexity index is 1150. The van der Waals surface area contributed by atoms with Crippen LogP contribution in [-0.2, 0) is 16.0 Å². The van der Waals surface area contributed by atoms with Gasteiger partial charge in [-0.2, -0.15) is 0 Å². The Kier molecular flexibility index (Phi) is 8.44. The molecule has 1 unspecified atom stereocenters. The van der Waals surface area contributed by atoms with Gasteiger partial charge in [0.25, 0.3) is 5.91 Å². The molecular formula is C27H29ClN2O4S. The second kappa shape index (κ2) is 11.7. The Morgan fingerprint density at radius 2 is 1.83 bits per heavy atom. The first-order valence-electron chi connectivity index (χ1n) is 11.5. The van der Waals surface area contributed by atoms with Gasteiger partial charge in [-0.25, -0.2) is 0 Å². The number of methoxy groups -OCH3 is 2. The zero-order chi connectivity index (χ0) is 24.8. The number of hydrogen-bond acceptors (Lipinski definition) is 5. The van der Waals surface area contributed by atoms with Gasteiger partial charge in [0.05, 0.1) is 13.2 Å². The summed E-state index contributed by atoms with van der Waals surface area (Å²) in [6.07, 6.45) is 1.44. The molecule has 2 amide bonds. The van der Waals surface area contributed by atoms with E-state index in [1.807, 2.05) is 29.2 Å². The van der Waals surface area contributed by atoms with Crippen molar-refractivity contribution < 1.29 is 19.1 Å². The third-order valence-corrected chi connectivity index (χ3v) is 7.45. The fourth-order valence-corrected chi connectivity index (χ4v) is 5.44. The Morgan fingerprint density at radius 1 is 1.09 bits per heavy atom. The molecule has 1 aliphatic rings. The van der Waals surface area contributed by atoms with Crippen molar-refractivity contribution >= 4 is 34.8 Å². The summed E-state index contributed by atoms with van der Waals surface area (Å²) in [5.74, 6) is 0.406. The van der Waals surface area contributed by atoms with Crippen molar-refractivity contribution in [2.45, 2.75) is 18.9 Å². The molecule has 3 aromatic rings. The largest absolute Gasteiger partial charge is 0.497 e. The van der Waals surface area contributed by atoms with Crippen molar-refractivity contribution in [3.63, 3.8) is 0 Å². The molecule has 0 radical (unpaired) electrons. The van der Waals surface area contributed by atoms with Crippen LogP contribution in [0.1, 0.15) is 38.8 Å². The van der Waals surface area contributed by atoms with Crippen LogP contribution in [0.2, 0.25) is 5.02 Å². The zero-order valence-electron chi connectivity index (χ0n) is 19.9. The van der Waals surface area contributed by atoms with Crippen LogP contribution in [0.3, 0.4) is 0 Å². The lowest BCUT2D eigenvalue weighted by atomic mass is 9.93. The van der Waals surface area contributed by atoms with Crippen LogP contribution in [0.25, 0.3) is 0 Å². The molecule has 0 spiro atoms. The van der Waals surface area contributed by atoms with Gasteiger partial charge in [-0.05, 0) is 71.8 Å². The average Bonchev–Trinajstić information content (AvgIpc) is 3.37. The number of hydrogen-bond donors (Lipinski definition) is 0. The number of ether oxygens (including phenoxy) is 2. The van der Waals surface area contributed by atoms with E-state index in [9.17, 15) is 9.59 Å². The van der Waals surface area contributed by atoms with Crippen LogP contribution < -0.4 is 4.74 Å². The lowest BCUT2D eigenvalue weighted by Crippen LogP contribution is -2.47. The fraction of sp³-hybridized carbons (Fsp3) is 0.333. The summed E-state index contributed by atoms with van der Waals surface area (Å²) in [6.45, 7) is 1.53. The first-order chi connectivity index (χ1) is 17.0. The van der Waals surface area contributed by atoms with Gasteiger partial charge in [-0.3, -0.25) is 9.59 Å². The number of carbonyl (C=O) groups excluding carboxylic acids is 2. The van der Waals surface area contributed by atoms with E-state index in [1.165, 1.54) is 4.88 Å². The van der Waals surface area contributed by atoms with E-state index in [2.05, 4.69) is 11.4 Å². The summed E-state index contributed by atoms with van der Waals surface area (Å²) in [6, 6.07) is 16.5. The second-order valence-corrected chi connectivity index (χ2v) is 9.83. The Balaban J connectivity index is 1.58. The van der Waals surface area contributed by atoms with Crippen molar-refractivity contribution in [3.8, 4) is 5.75 Å². The molecular weight excluding hydrogens is 484 g/mol. The molecule has 2 heterocycles. The molecule has 8 heteroatoms. The van der Waals surface area contributed by atoms with Gasteiger partial charge >= 0.3 is 0 Å². The predicted molar refractivity (Wildman–Crippen MR) is 138 cm³/mol. The Hall–Kier alpha value is -2.87. The van der Waals surface area contributed by atoms with Gasteiger partial charge in [0, 0.05) is 42.3 Å². The van der Waals surface area contributed by atoms with Crippen LogP contribution in [-0.4, -0.2) is 62.1 Å². The average molecular weight is 513 g/mol. The molecule has 4 rings (SSSR count). The quantitative estimate of drug-likeness (QED) is 0.376. The number of amides is 2. The highest BCUT2D eigenvalue weighted by Crippen LogP contribution is 2.38. The molecule has 0 fully saturated rings. The van der Waals surface area contributed by atoms with Gasteiger partial charge in [0.15, 0.2) is 0 Å². The smallest absolute Gasteiger partial charge is 0.254 e. The Labute approximate surface area is 215 Å². The molecule has 0 saturated heterocycles. The highest BCUT2D eigenvalue weighted by atomic mass is 35.5. The maximum atomic E-state index is 13.7. The van der Waals surface area contributed by atoms with Crippen LogP contribution >= 0.6 is 22.9 Å². The van der Waals surface area contributed by atoms with Gasteiger partial charge in [0.1, 0.15) is 12.3 Å². The Morgan fingerprint density at radius 3 is 2.51 bits per heavy atom. The highest BCUT2D eigenvalue weighted by molar-refractivity contribution is 7.10. The third-order valence-electron chi connectivity index (χ3n) is 6.20. The standard InChI is InChI=1S/C27H29ClN2O4S/c1-33-16-3-14-29(27(32)20-6-10-22(34-2)11-7-20)18-25(31)30-15-12-24-23(13-17-35-24)26(30)19-4-8-21(28)9-5-19/h4-11,13,17,26H,3,12,14-16,18H2,1-2H3. The number of rotatable bonds is 9. The summed E-state index contributed by atoms with van der Waals surface area (Å²) in [4.78, 5) is 31.9. The van der Waals surface area contributed by atoms with Gasteiger partial charge in [-0.15, -0.1) is 11.3 Å². The molecule has 6 nitrogen and oxygen atoms in total. The molecule has 1 atom stereocenters. The molecule has 1 aromatic heterocycles. The number of nitrogens with zero attached hydrogens (tertiary/aromatic N) is 2. The molecule has 0 bridgehead atoms. The fourth-order valence-electron chi connectivity index (χ4n) is 4.41. The summed E-state index contributed by atoms with van der Waals surface area (Å²) >= 11 is 7.85. The minimum Gasteiger partial charge on any atom is -0.497 e. The van der Waals surface area contributed by atoms with E-state index >= 15 is 0 Å². The van der Waals surface area contributed by atoms with Crippen molar-refractivity contribution in [3.05, 3.63) is 86.6 Å². The number of carbonyl (C=O) groups is 2. The second-order valence-electron chi connectivity index (χ2n) is 8.39. The summed E-state index contributed by atoms with van der Waals surface area (Å²) in [7, 11) is 3.21. The predicted octanol–water partition coefficient (Wildman–Crippen LogP) is 5.06.